The molecule has 0 saturated carbocycles. The Labute approximate surface area is 114 Å². The van der Waals surface area contributed by atoms with Crippen molar-refractivity contribution in [2.75, 3.05) is 19.6 Å². The average Bonchev–Trinajstić information content (AvgIpc) is 2.94. The molecule has 1 aromatic rings. The third kappa shape index (κ3) is 3.91. The molecule has 96 valence electrons. The zero-order chi connectivity index (χ0) is 12.6. The van der Waals surface area contributed by atoms with Crippen molar-refractivity contribution < 1.29 is 4.58 Å². The fourth-order valence-electron chi connectivity index (χ4n) is 2.06. The van der Waals surface area contributed by atoms with Crippen LogP contribution in [-0.4, -0.2) is 29.4 Å². The number of hydrogen-bond donors (Lipinski definition) is 1. The standard InChI is InChI=1S/C15H20N2S/c1-2-10-16-15(17-11-6-7-12-17)18-13-14-8-4-3-5-9-14/h2-5,8-9H,1,6-7,10-13H2/p+1. The van der Waals surface area contributed by atoms with Gasteiger partial charge < -0.3 is 0 Å². The molecular weight excluding hydrogens is 240 g/mol. The van der Waals surface area contributed by atoms with Crippen molar-refractivity contribution in [1.82, 2.24) is 5.32 Å². The van der Waals surface area contributed by atoms with E-state index in [-0.39, 0.29) is 0 Å². The molecule has 2 nitrogen and oxygen atoms in total. The predicted octanol–water partition coefficient (Wildman–Crippen LogP) is 2.86. The second-order valence-corrected chi connectivity index (χ2v) is 5.41. The summed E-state index contributed by atoms with van der Waals surface area (Å²) in [6.45, 7) is 6.98. The van der Waals surface area contributed by atoms with Crippen LogP contribution >= 0.6 is 11.8 Å². The SMILES string of the molecule is C=CCNC(SCc1ccccc1)=[N+]1CCCC1. The van der Waals surface area contributed by atoms with E-state index in [1.54, 1.807) is 0 Å². The highest BCUT2D eigenvalue weighted by Gasteiger charge is 2.17. The Bertz CT molecular complexity index is 404. The van der Waals surface area contributed by atoms with Gasteiger partial charge in [-0.3, -0.25) is 9.89 Å². The van der Waals surface area contributed by atoms with Crippen LogP contribution in [0.15, 0.2) is 43.0 Å². The monoisotopic (exact) mass is 261 g/mol. The van der Waals surface area contributed by atoms with E-state index in [2.05, 4.69) is 46.8 Å². The van der Waals surface area contributed by atoms with Crippen LogP contribution in [0.25, 0.3) is 0 Å². The highest BCUT2D eigenvalue weighted by molar-refractivity contribution is 8.12. The summed E-state index contributed by atoms with van der Waals surface area (Å²) in [5.41, 5.74) is 1.37. The smallest absolute Gasteiger partial charge is 0.265 e. The highest BCUT2D eigenvalue weighted by atomic mass is 32.2. The van der Waals surface area contributed by atoms with Crippen molar-refractivity contribution in [2.45, 2.75) is 18.6 Å². The third-order valence-electron chi connectivity index (χ3n) is 3.01. The number of nitrogens with zero attached hydrogens (tertiary/aromatic N) is 1. The molecule has 0 aromatic heterocycles. The quantitative estimate of drug-likeness (QED) is 0.509. The topological polar surface area (TPSA) is 15.0 Å². The molecular formula is C15H21N2S+. The summed E-state index contributed by atoms with van der Waals surface area (Å²) in [6, 6.07) is 10.6. The Balaban J connectivity index is 1.97. The van der Waals surface area contributed by atoms with Crippen molar-refractivity contribution in [1.29, 1.82) is 0 Å². The molecule has 0 aliphatic carbocycles. The highest BCUT2D eigenvalue weighted by Crippen LogP contribution is 2.14. The molecule has 2 rings (SSSR count). The Hall–Kier alpha value is -1.22. The Morgan fingerprint density at radius 2 is 2.00 bits per heavy atom. The van der Waals surface area contributed by atoms with Crippen molar-refractivity contribution >= 4 is 16.9 Å². The first-order valence-electron chi connectivity index (χ1n) is 6.53. The van der Waals surface area contributed by atoms with Gasteiger partial charge in [0, 0.05) is 5.75 Å². The molecule has 1 N–H and O–H groups in total. The zero-order valence-corrected chi connectivity index (χ0v) is 11.6. The molecule has 1 aliphatic rings. The molecule has 0 unspecified atom stereocenters. The first-order chi connectivity index (χ1) is 8.90. The minimum atomic E-state index is 0.841. The van der Waals surface area contributed by atoms with Crippen LogP contribution in [0, 0.1) is 0 Å². The molecule has 1 aromatic carbocycles. The van der Waals surface area contributed by atoms with E-state index in [0.717, 1.165) is 12.3 Å². The zero-order valence-electron chi connectivity index (χ0n) is 10.8. The van der Waals surface area contributed by atoms with Gasteiger partial charge in [0.2, 0.25) is 0 Å². The first-order valence-corrected chi connectivity index (χ1v) is 7.52. The summed E-state index contributed by atoms with van der Waals surface area (Å²) in [5, 5.41) is 4.77. The number of rotatable bonds is 4. The van der Waals surface area contributed by atoms with Gasteiger partial charge in [-0.25, -0.2) is 0 Å². The van der Waals surface area contributed by atoms with Gasteiger partial charge in [-0.2, -0.15) is 0 Å². The van der Waals surface area contributed by atoms with Gasteiger partial charge in [0.25, 0.3) is 0 Å². The van der Waals surface area contributed by atoms with Crippen molar-refractivity contribution in [2.24, 2.45) is 0 Å². The Kier molecular flexibility index (Phi) is 5.34. The molecule has 1 aliphatic heterocycles. The van der Waals surface area contributed by atoms with E-state index >= 15 is 0 Å². The second-order valence-electron chi connectivity index (χ2n) is 4.44. The molecule has 1 saturated heterocycles. The van der Waals surface area contributed by atoms with Gasteiger partial charge in [-0.1, -0.05) is 43.0 Å². The maximum absolute atomic E-state index is 3.77. The van der Waals surface area contributed by atoms with Crippen LogP contribution < -0.4 is 5.32 Å². The number of nitrogens with one attached hydrogen (secondary N) is 1. The van der Waals surface area contributed by atoms with E-state index < -0.39 is 0 Å². The van der Waals surface area contributed by atoms with Crippen LogP contribution in [0.3, 0.4) is 0 Å². The molecule has 0 amide bonds. The van der Waals surface area contributed by atoms with Gasteiger partial charge >= 0.3 is 5.17 Å². The lowest BCUT2D eigenvalue weighted by molar-refractivity contribution is -0.505. The average molecular weight is 261 g/mol. The molecule has 1 fully saturated rings. The van der Waals surface area contributed by atoms with Crippen molar-refractivity contribution in [3.63, 3.8) is 0 Å². The van der Waals surface area contributed by atoms with Gasteiger partial charge in [-0.05, 0) is 30.2 Å². The number of hydrogen-bond acceptors (Lipinski definition) is 1. The molecule has 1 heterocycles. The second kappa shape index (κ2) is 7.27. The summed E-state index contributed by atoms with van der Waals surface area (Å²) >= 11 is 1.90. The largest absolute Gasteiger partial charge is 0.306 e. The molecule has 0 spiro atoms. The lowest BCUT2D eigenvalue weighted by atomic mass is 10.2. The first kappa shape index (κ1) is 13.2. The maximum Gasteiger partial charge on any atom is 0.306 e. The Morgan fingerprint density at radius 3 is 2.67 bits per heavy atom. The summed E-state index contributed by atoms with van der Waals surface area (Å²) in [7, 11) is 0. The number of benzene rings is 1. The third-order valence-corrected chi connectivity index (χ3v) is 4.16. The molecule has 18 heavy (non-hydrogen) atoms. The fraction of sp³-hybridized carbons (Fsp3) is 0.400. The predicted molar refractivity (Wildman–Crippen MR) is 80.2 cm³/mol. The minimum Gasteiger partial charge on any atom is -0.265 e. The lowest BCUT2D eigenvalue weighted by Crippen LogP contribution is -2.30. The van der Waals surface area contributed by atoms with Gasteiger partial charge in [0.15, 0.2) is 0 Å². The van der Waals surface area contributed by atoms with Crippen molar-refractivity contribution in [3.8, 4) is 0 Å². The summed E-state index contributed by atoms with van der Waals surface area (Å²) in [4.78, 5) is 0. The van der Waals surface area contributed by atoms with Crippen LogP contribution in [0.4, 0.5) is 0 Å². The van der Waals surface area contributed by atoms with E-state index in [1.807, 2.05) is 17.8 Å². The minimum absolute atomic E-state index is 0.841. The summed E-state index contributed by atoms with van der Waals surface area (Å²) < 4.78 is 2.46. The normalized spacial score (nSPS) is 14.6. The van der Waals surface area contributed by atoms with Crippen LogP contribution in [0.1, 0.15) is 18.4 Å². The van der Waals surface area contributed by atoms with E-state index in [9.17, 15) is 0 Å². The van der Waals surface area contributed by atoms with E-state index in [4.69, 9.17) is 0 Å². The van der Waals surface area contributed by atoms with Crippen molar-refractivity contribution in [3.05, 3.63) is 48.6 Å². The molecule has 0 atom stereocenters. The molecule has 0 radical (unpaired) electrons. The summed E-state index contributed by atoms with van der Waals surface area (Å²) in [5.74, 6) is 1.02. The molecule has 0 bridgehead atoms. The lowest BCUT2D eigenvalue weighted by Gasteiger charge is -2.07. The van der Waals surface area contributed by atoms with Gasteiger partial charge in [-0.15, -0.1) is 0 Å². The van der Waals surface area contributed by atoms with Crippen LogP contribution in [-0.2, 0) is 5.75 Å². The Morgan fingerprint density at radius 1 is 1.28 bits per heavy atom. The van der Waals surface area contributed by atoms with Gasteiger partial charge in [0.1, 0.15) is 6.54 Å². The van der Waals surface area contributed by atoms with E-state index in [1.165, 1.54) is 36.7 Å². The van der Waals surface area contributed by atoms with E-state index in [0.29, 0.717) is 0 Å². The van der Waals surface area contributed by atoms with Crippen LogP contribution in [0.5, 0.6) is 0 Å². The maximum atomic E-state index is 3.77. The fourth-order valence-corrected chi connectivity index (χ4v) is 3.11. The molecule has 3 heteroatoms. The summed E-state index contributed by atoms with van der Waals surface area (Å²) in [6.07, 6.45) is 4.54. The number of thioether (sulfide) groups is 1. The van der Waals surface area contributed by atoms with Gasteiger partial charge in [0.05, 0.1) is 13.1 Å². The van der Waals surface area contributed by atoms with Crippen LogP contribution in [0.2, 0.25) is 0 Å². The number of amidine groups is 1.